The zero-order valence-electron chi connectivity index (χ0n) is 15.5. The molecule has 1 N–H and O–H groups in total. The van der Waals surface area contributed by atoms with Crippen molar-refractivity contribution in [3.63, 3.8) is 0 Å². The summed E-state index contributed by atoms with van der Waals surface area (Å²) < 4.78 is 24.2. The summed E-state index contributed by atoms with van der Waals surface area (Å²) in [5.41, 5.74) is 2.76. The number of nitrogens with zero attached hydrogens (tertiary/aromatic N) is 1. The Balaban J connectivity index is 1.60. The van der Waals surface area contributed by atoms with Gasteiger partial charge in [-0.3, -0.25) is 9.59 Å². The third kappa shape index (κ3) is 2.98. The molecule has 2 heterocycles. The number of aromatic amines is 1. The van der Waals surface area contributed by atoms with Crippen molar-refractivity contribution in [2.75, 3.05) is 20.8 Å². The number of carbonyl (C=O) groups is 2. The minimum absolute atomic E-state index is 0.178. The van der Waals surface area contributed by atoms with Gasteiger partial charge in [0, 0.05) is 30.2 Å². The Labute approximate surface area is 160 Å². The Kier molecular flexibility index (Phi) is 4.50. The molecule has 28 heavy (non-hydrogen) atoms. The van der Waals surface area contributed by atoms with Gasteiger partial charge in [0.2, 0.25) is 0 Å². The van der Waals surface area contributed by atoms with E-state index < -0.39 is 17.5 Å². The Morgan fingerprint density at radius 3 is 2.50 bits per heavy atom. The largest absolute Gasteiger partial charge is 0.493 e. The van der Waals surface area contributed by atoms with Crippen molar-refractivity contribution in [2.24, 2.45) is 0 Å². The second-order valence-electron chi connectivity index (χ2n) is 6.67. The molecule has 0 radical (unpaired) electrons. The number of ether oxygens (including phenoxy) is 2. The van der Waals surface area contributed by atoms with Gasteiger partial charge in [0.15, 0.2) is 11.5 Å². The van der Waals surface area contributed by atoms with E-state index >= 15 is 0 Å². The summed E-state index contributed by atoms with van der Waals surface area (Å²) in [6.07, 6.45) is 2.06. The maximum absolute atomic E-state index is 13.6. The molecular weight excluding hydrogens is 363 g/mol. The van der Waals surface area contributed by atoms with Crippen LogP contribution in [0.1, 0.15) is 21.5 Å². The fourth-order valence-corrected chi connectivity index (χ4v) is 3.60. The van der Waals surface area contributed by atoms with Gasteiger partial charge in [-0.1, -0.05) is 0 Å². The molecule has 0 bridgehead atoms. The predicted octanol–water partition coefficient (Wildman–Crippen LogP) is 3.09. The second-order valence-corrected chi connectivity index (χ2v) is 6.67. The van der Waals surface area contributed by atoms with Crippen LogP contribution >= 0.6 is 0 Å². The van der Waals surface area contributed by atoms with E-state index in [1.54, 1.807) is 20.3 Å². The van der Waals surface area contributed by atoms with E-state index in [-0.39, 0.29) is 5.56 Å². The molecule has 0 saturated heterocycles. The summed E-state index contributed by atoms with van der Waals surface area (Å²) in [6, 6.07) is 7.84. The van der Waals surface area contributed by atoms with Crippen LogP contribution in [-0.4, -0.2) is 42.3 Å². The number of hydrogen-bond acceptors (Lipinski definition) is 4. The van der Waals surface area contributed by atoms with E-state index in [1.807, 2.05) is 12.1 Å². The van der Waals surface area contributed by atoms with Crippen molar-refractivity contribution in [1.29, 1.82) is 0 Å². The van der Waals surface area contributed by atoms with Gasteiger partial charge in [-0.15, -0.1) is 0 Å². The van der Waals surface area contributed by atoms with Gasteiger partial charge >= 0.3 is 0 Å². The standard InChI is InChI=1S/C21H19FN2O4/c1-27-18-7-12-5-6-24(11-13(12)8-19(18)28-2)21(26)20(25)16-10-23-17-4-3-14(22)9-15(16)17/h3-4,7-10,23H,5-6,11H2,1-2H3. The first kappa shape index (κ1) is 18.0. The van der Waals surface area contributed by atoms with Crippen LogP contribution in [0, 0.1) is 5.82 Å². The molecule has 0 saturated carbocycles. The number of amides is 1. The maximum Gasteiger partial charge on any atom is 0.295 e. The number of benzene rings is 2. The van der Waals surface area contributed by atoms with Crippen LogP contribution in [0.25, 0.3) is 10.9 Å². The van der Waals surface area contributed by atoms with E-state index in [4.69, 9.17) is 9.47 Å². The van der Waals surface area contributed by atoms with Gasteiger partial charge in [-0.25, -0.2) is 4.39 Å². The molecule has 0 fully saturated rings. The molecule has 0 aliphatic carbocycles. The quantitative estimate of drug-likeness (QED) is 0.556. The van der Waals surface area contributed by atoms with Crippen LogP contribution in [0.3, 0.4) is 0 Å². The molecule has 1 aliphatic heterocycles. The number of carbonyl (C=O) groups excluding carboxylic acids is 2. The number of aromatic nitrogens is 1. The lowest BCUT2D eigenvalue weighted by molar-refractivity contribution is -0.127. The lowest BCUT2D eigenvalue weighted by Crippen LogP contribution is -2.40. The number of hydrogen-bond donors (Lipinski definition) is 1. The molecule has 2 aromatic carbocycles. The summed E-state index contributed by atoms with van der Waals surface area (Å²) in [5, 5.41) is 0.405. The summed E-state index contributed by atoms with van der Waals surface area (Å²) in [5.74, 6) is -0.500. The fraction of sp³-hybridized carbons (Fsp3) is 0.238. The van der Waals surface area contributed by atoms with Crippen molar-refractivity contribution >= 4 is 22.6 Å². The highest BCUT2D eigenvalue weighted by Gasteiger charge is 2.29. The highest BCUT2D eigenvalue weighted by molar-refractivity contribution is 6.44. The Morgan fingerprint density at radius 2 is 1.79 bits per heavy atom. The number of Topliss-reactive ketones (excluding diaryl/α,β-unsaturated/α-hetero) is 1. The molecule has 0 spiro atoms. The van der Waals surface area contributed by atoms with E-state index in [9.17, 15) is 14.0 Å². The molecule has 1 amide bonds. The van der Waals surface area contributed by atoms with Crippen LogP contribution in [0.4, 0.5) is 4.39 Å². The summed E-state index contributed by atoms with van der Waals surface area (Å²) in [4.78, 5) is 30.0. The lowest BCUT2D eigenvalue weighted by atomic mass is 9.98. The molecule has 144 valence electrons. The smallest absolute Gasteiger partial charge is 0.295 e. The normalized spacial score (nSPS) is 13.3. The highest BCUT2D eigenvalue weighted by atomic mass is 19.1. The SMILES string of the molecule is COc1cc2c(cc1OC)CN(C(=O)C(=O)c1c[nH]c3ccc(F)cc13)CC2. The minimum Gasteiger partial charge on any atom is -0.493 e. The zero-order valence-corrected chi connectivity index (χ0v) is 15.5. The zero-order chi connectivity index (χ0) is 19.8. The number of H-pyrrole nitrogens is 1. The van der Waals surface area contributed by atoms with E-state index in [0.29, 0.717) is 41.9 Å². The van der Waals surface area contributed by atoms with Crippen LogP contribution in [0.2, 0.25) is 0 Å². The monoisotopic (exact) mass is 382 g/mol. The predicted molar refractivity (Wildman–Crippen MR) is 101 cm³/mol. The molecule has 4 rings (SSSR count). The molecule has 1 aliphatic rings. The van der Waals surface area contributed by atoms with Gasteiger partial charge in [0.05, 0.1) is 19.8 Å². The van der Waals surface area contributed by atoms with E-state index in [2.05, 4.69) is 4.98 Å². The molecule has 0 unspecified atom stereocenters. The Bertz CT molecular complexity index is 1090. The van der Waals surface area contributed by atoms with Gasteiger partial charge in [-0.2, -0.15) is 0 Å². The van der Waals surface area contributed by atoms with E-state index in [0.717, 1.165) is 11.1 Å². The van der Waals surface area contributed by atoms with Crippen molar-refractivity contribution in [2.45, 2.75) is 13.0 Å². The first-order chi connectivity index (χ1) is 13.5. The number of methoxy groups -OCH3 is 2. The average Bonchev–Trinajstić information content (AvgIpc) is 3.14. The summed E-state index contributed by atoms with van der Waals surface area (Å²) in [7, 11) is 3.13. The average molecular weight is 382 g/mol. The van der Waals surface area contributed by atoms with Gasteiger partial charge in [0.25, 0.3) is 11.7 Å². The van der Waals surface area contributed by atoms with Crippen LogP contribution in [0.5, 0.6) is 11.5 Å². The Morgan fingerprint density at radius 1 is 1.07 bits per heavy atom. The molecule has 1 aromatic heterocycles. The van der Waals surface area contributed by atoms with Gasteiger partial charge < -0.3 is 19.4 Å². The fourth-order valence-electron chi connectivity index (χ4n) is 3.60. The Hall–Kier alpha value is -3.35. The summed E-state index contributed by atoms with van der Waals surface area (Å²) >= 11 is 0. The second kappa shape index (κ2) is 6.99. The number of nitrogens with one attached hydrogen (secondary N) is 1. The van der Waals surface area contributed by atoms with Crippen molar-refractivity contribution in [3.8, 4) is 11.5 Å². The van der Waals surface area contributed by atoms with E-state index in [1.165, 1.54) is 23.2 Å². The molecule has 7 heteroatoms. The van der Waals surface area contributed by atoms with Gasteiger partial charge in [0.1, 0.15) is 5.82 Å². The number of rotatable bonds is 4. The first-order valence-corrected chi connectivity index (χ1v) is 8.86. The van der Waals surface area contributed by atoms with Crippen molar-refractivity contribution in [3.05, 3.63) is 59.0 Å². The molecule has 0 atom stereocenters. The molecular formula is C21H19FN2O4. The highest BCUT2D eigenvalue weighted by Crippen LogP contribution is 2.33. The minimum atomic E-state index is -0.652. The van der Waals surface area contributed by atoms with Crippen LogP contribution < -0.4 is 9.47 Å². The lowest BCUT2D eigenvalue weighted by Gasteiger charge is -2.29. The van der Waals surface area contributed by atoms with Crippen molar-refractivity contribution < 1.29 is 23.5 Å². The third-order valence-electron chi connectivity index (χ3n) is 5.09. The third-order valence-corrected chi connectivity index (χ3v) is 5.09. The summed E-state index contributed by atoms with van der Waals surface area (Å²) in [6.45, 7) is 0.723. The maximum atomic E-state index is 13.6. The topological polar surface area (TPSA) is 71.6 Å². The van der Waals surface area contributed by atoms with Gasteiger partial charge in [-0.05, 0) is 47.9 Å². The van der Waals surface area contributed by atoms with Crippen LogP contribution in [-0.2, 0) is 17.8 Å². The van der Waals surface area contributed by atoms with Crippen LogP contribution in [0.15, 0.2) is 36.5 Å². The number of ketones is 1. The number of fused-ring (bicyclic) bond motifs is 2. The van der Waals surface area contributed by atoms with Crippen molar-refractivity contribution in [1.82, 2.24) is 9.88 Å². The molecule has 6 nitrogen and oxygen atoms in total. The number of halogens is 1. The molecule has 3 aromatic rings. The first-order valence-electron chi connectivity index (χ1n) is 8.86.